The normalized spacial score (nSPS) is 10.9. The largest absolute Gasteiger partial charge is 0.478 e. The van der Waals surface area contributed by atoms with Crippen molar-refractivity contribution >= 4 is 28.8 Å². The smallest absolute Gasteiger partial charge is 0.335 e. The van der Waals surface area contributed by atoms with Crippen molar-refractivity contribution in [3.63, 3.8) is 0 Å². The van der Waals surface area contributed by atoms with E-state index >= 15 is 0 Å². The highest BCUT2D eigenvalue weighted by atomic mass is 32.2. The molecule has 5 nitrogen and oxygen atoms in total. The van der Waals surface area contributed by atoms with Crippen molar-refractivity contribution in [3.8, 4) is 0 Å². The second-order valence-corrected chi connectivity index (χ2v) is 4.95. The van der Waals surface area contributed by atoms with E-state index < -0.39 is 5.97 Å². The molecule has 0 saturated heterocycles. The van der Waals surface area contributed by atoms with Crippen molar-refractivity contribution in [3.05, 3.63) is 34.2 Å². The number of nitrogens with zero attached hydrogens (tertiary/aromatic N) is 1. The average molecular weight is 266 g/mol. The number of aromatic amines is 1. The molecular weight excluding hydrogens is 252 g/mol. The number of thioether (sulfide) groups is 1. The zero-order valence-electron chi connectivity index (χ0n) is 9.97. The van der Waals surface area contributed by atoms with Gasteiger partial charge in [0, 0.05) is 6.54 Å². The van der Waals surface area contributed by atoms with Crippen molar-refractivity contribution < 1.29 is 9.90 Å². The van der Waals surface area contributed by atoms with Crippen LogP contribution in [0.4, 0.5) is 0 Å². The highest BCUT2D eigenvalue weighted by molar-refractivity contribution is 7.98. The Labute approximate surface area is 108 Å². The molecule has 1 heterocycles. The molecule has 2 rings (SSSR count). The molecular formula is C12H14N2O3S. The van der Waals surface area contributed by atoms with Crippen molar-refractivity contribution in [1.82, 2.24) is 9.55 Å². The Kier molecular flexibility index (Phi) is 3.76. The predicted molar refractivity (Wildman–Crippen MR) is 72.5 cm³/mol. The van der Waals surface area contributed by atoms with Crippen molar-refractivity contribution in [1.29, 1.82) is 0 Å². The maximum absolute atomic E-state index is 11.8. The number of aryl methyl sites for hydroxylation is 1. The second kappa shape index (κ2) is 5.30. The number of imidazole rings is 1. The zero-order chi connectivity index (χ0) is 13.1. The topological polar surface area (TPSA) is 75.1 Å². The molecule has 0 bridgehead atoms. The molecule has 96 valence electrons. The zero-order valence-corrected chi connectivity index (χ0v) is 10.8. The lowest BCUT2D eigenvalue weighted by atomic mass is 10.2. The Morgan fingerprint density at radius 1 is 1.50 bits per heavy atom. The summed E-state index contributed by atoms with van der Waals surface area (Å²) in [5.74, 6) is -0.000318. The SMILES string of the molecule is CSCCCn1c(=O)[nH]c2cc(C(=O)O)ccc21. The summed E-state index contributed by atoms with van der Waals surface area (Å²) in [5.41, 5.74) is 1.32. The summed E-state index contributed by atoms with van der Waals surface area (Å²) in [6.07, 6.45) is 2.94. The van der Waals surface area contributed by atoms with Gasteiger partial charge in [-0.25, -0.2) is 9.59 Å². The third-order valence-corrected chi connectivity index (χ3v) is 3.45. The highest BCUT2D eigenvalue weighted by Crippen LogP contribution is 2.13. The first-order valence-corrected chi connectivity index (χ1v) is 6.97. The lowest BCUT2D eigenvalue weighted by molar-refractivity contribution is 0.0697. The summed E-state index contributed by atoms with van der Waals surface area (Å²) >= 11 is 1.74. The number of fused-ring (bicyclic) bond motifs is 1. The molecule has 1 aromatic carbocycles. The molecule has 18 heavy (non-hydrogen) atoms. The lowest BCUT2D eigenvalue weighted by Gasteiger charge is -2.02. The van der Waals surface area contributed by atoms with Gasteiger partial charge in [-0.1, -0.05) is 0 Å². The van der Waals surface area contributed by atoms with Crippen molar-refractivity contribution in [2.24, 2.45) is 0 Å². The standard InChI is InChI=1S/C12H14N2O3S/c1-18-6-2-5-14-10-4-3-8(11(15)16)7-9(10)13-12(14)17/h3-4,7H,2,5-6H2,1H3,(H,13,17)(H,15,16). The highest BCUT2D eigenvalue weighted by Gasteiger charge is 2.09. The van der Waals surface area contributed by atoms with E-state index in [4.69, 9.17) is 5.11 Å². The molecule has 0 spiro atoms. The first kappa shape index (κ1) is 12.8. The van der Waals surface area contributed by atoms with Crippen LogP contribution in [0.15, 0.2) is 23.0 Å². The number of aromatic nitrogens is 2. The molecule has 0 fully saturated rings. The van der Waals surface area contributed by atoms with Crippen molar-refractivity contribution in [2.45, 2.75) is 13.0 Å². The van der Waals surface area contributed by atoms with Gasteiger partial charge in [-0.3, -0.25) is 4.57 Å². The Morgan fingerprint density at radius 3 is 2.94 bits per heavy atom. The van der Waals surface area contributed by atoms with Gasteiger partial charge in [0.25, 0.3) is 0 Å². The van der Waals surface area contributed by atoms with Crippen LogP contribution >= 0.6 is 11.8 Å². The van der Waals surface area contributed by atoms with Gasteiger partial charge < -0.3 is 10.1 Å². The molecule has 6 heteroatoms. The molecule has 1 aromatic heterocycles. The first-order valence-electron chi connectivity index (χ1n) is 5.58. The number of H-pyrrole nitrogens is 1. The molecule has 0 amide bonds. The monoisotopic (exact) mass is 266 g/mol. The average Bonchev–Trinajstić information content (AvgIpc) is 2.65. The van der Waals surface area contributed by atoms with Gasteiger partial charge in [0.05, 0.1) is 16.6 Å². The van der Waals surface area contributed by atoms with Gasteiger partial charge in [0.15, 0.2) is 0 Å². The van der Waals surface area contributed by atoms with E-state index in [1.54, 1.807) is 22.4 Å². The summed E-state index contributed by atoms with van der Waals surface area (Å²) in [7, 11) is 0. The molecule has 0 atom stereocenters. The third-order valence-electron chi connectivity index (χ3n) is 2.75. The van der Waals surface area contributed by atoms with E-state index in [1.165, 1.54) is 12.1 Å². The van der Waals surface area contributed by atoms with E-state index in [9.17, 15) is 9.59 Å². The second-order valence-electron chi connectivity index (χ2n) is 3.97. The molecule has 0 aliphatic carbocycles. The Hall–Kier alpha value is -1.69. The van der Waals surface area contributed by atoms with Crippen LogP contribution in [0.25, 0.3) is 11.0 Å². The first-order chi connectivity index (χ1) is 8.63. The molecule has 2 aromatic rings. The Bertz CT molecular complexity index is 630. The number of hydrogen-bond donors (Lipinski definition) is 2. The molecule has 0 unspecified atom stereocenters. The summed E-state index contributed by atoms with van der Waals surface area (Å²) in [6.45, 7) is 0.645. The minimum absolute atomic E-state index is 0.181. The number of benzene rings is 1. The van der Waals surface area contributed by atoms with Crippen LogP contribution in [0.2, 0.25) is 0 Å². The number of nitrogens with one attached hydrogen (secondary N) is 1. The van der Waals surface area contributed by atoms with E-state index in [0.29, 0.717) is 12.1 Å². The third kappa shape index (κ3) is 2.43. The Balaban J connectivity index is 2.39. The number of rotatable bonds is 5. The summed E-state index contributed by atoms with van der Waals surface area (Å²) in [6, 6.07) is 4.68. The van der Waals surface area contributed by atoms with Gasteiger partial charge in [0.2, 0.25) is 0 Å². The van der Waals surface area contributed by atoms with Gasteiger partial charge in [-0.05, 0) is 36.6 Å². The summed E-state index contributed by atoms with van der Waals surface area (Å²) in [5, 5.41) is 8.89. The number of carboxylic acids is 1. The van der Waals surface area contributed by atoms with Crippen molar-refractivity contribution in [2.75, 3.05) is 12.0 Å². The lowest BCUT2D eigenvalue weighted by Crippen LogP contribution is -2.17. The van der Waals surface area contributed by atoms with Gasteiger partial charge in [0.1, 0.15) is 0 Å². The fourth-order valence-corrected chi connectivity index (χ4v) is 2.30. The summed E-state index contributed by atoms with van der Waals surface area (Å²) < 4.78 is 1.65. The minimum Gasteiger partial charge on any atom is -0.478 e. The minimum atomic E-state index is -0.993. The quantitative estimate of drug-likeness (QED) is 0.809. The van der Waals surface area contributed by atoms with Crippen LogP contribution in [0, 0.1) is 0 Å². The molecule has 2 N–H and O–H groups in total. The Morgan fingerprint density at radius 2 is 2.28 bits per heavy atom. The molecule has 0 saturated carbocycles. The van der Waals surface area contributed by atoms with E-state index in [-0.39, 0.29) is 11.3 Å². The van der Waals surface area contributed by atoms with Gasteiger partial charge in [-0.15, -0.1) is 0 Å². The van der Waals surface area contributed by atoms with Crippen LogP contribution in [0.3, 0.4) is 0 Å². The molecule has 0 aliphatic heterocycles. The van der Waals surface area contributed by atoms with E-state index in [0.717, 1.165) is 17.7 Å². The van der Waals surface area contributed by atoms with Crippen LogP contribution in [0.1, 0.15) is 16.8 Å². The van der Waals surface area contributed by atoms with Gasteiger partial charge >= 0.3 is 11.7 Å². The molecule has 0 radical (unpaired) electrons. The number of hydrogen-bond acceptors (Lipinski definition) is 3. The maximum Gasteiger partial charge on any atom is 0.335 e. The number of carbonyl (C=O) groups is 1. The van der Waals surface area contributed by atoms with Crippen LogP contribution in [-0.4, -0.2) is 32.6 Å². The number of aromatic carboxylic acids is 1. The van der Waals surface area contributed by atoms with Crippen LogP contribution in [0.5, 0.6) is 0 Å². The number of carboxylic acid groups (broad SMARTS) is 1. The van der Waals surface area contributed by atoms with Gasteiger partial charge in [-0.2, -0.15) is 11.8 Å². The fourth-order valence-electron chi connectivity index (χ4n) is 1.89. The van der Waals surface area contributed by atoms with E-state index in [1.807, 2.05) is 6.26 Å². The predicted octanol–water partition coefficient (Wildman–Crippen LogP) is 1.78. The van der Waals surface area contributed by atoms with Crippen LogP contribution < -0.4 is 5.69 Å². The molecule has 0 aliphatic rings. The fraction of sp³-hybridized carbons (Fsp3) is 0.333. The van der Waals surface area contributed by atoms with Crippen LogP contribution in [-0.2, 0) is 6.54 Å². The van der Waals surface area contributed by atoms with E-state index in [2.05, 4.69) is 4.98 Å². The maximum atomic E-state index is 11.8. The summed E-state index contributed by atoms with van der Waals surface area (Å²) in [4.78, 5) is 25.3.